The number of carboxylic acids is 1. The topological polar surface area (TPSA) is 158 Å². The van der Waals surface area contributed by atoms with Gasteiger partial charge >= 0.3 is 17.8 Å². The molecule has 16 heteroatoms. The van der Waals surface area contributed by atoms with Crippen molar-refractivity contribution in [3.05, 3.63) is 58.6 Å². The summed E-state index contributed by atoms with van der Waals surface area (Å²) in [4.78, 5) is 29.5. The van der Waals surface area contributed by atoms with E-state index >= 15 is 0 Å². The lowest BCUT2D eigenvalue weighted by Crippen LogP contribution is -2.21. The molecule has 0 saturated heterocycles. The summed E-state index contributed by atoms with van der Waals surface area (Å²) in [6.45, 7) is -0.188. The average molecular weight is 502 g/mol. The van der Waals surface area contributed by atoms with E-state index in [1.807, 2.05) is 0 Å². The second kappa shape index (κ2) is 10.3. The molecule has 2 aromatic heterocycles. The van der Waals surface area contributed by atoms with E-state index in [1.165, 1.54) is 12.4 Å². The maximum atomic E-state index is 12.9. The molecule has 0 fully saturated rings. The number of H-pyrrole nitrogens is 1. The highest BCUT2D eigenvalue weighted by atomic mass is 19.4. The molecule has 4 rings (SSSR count). The Morgan fingerprint density at radius 1 is 1.17 bits per heavy atom. The molecule has 1 aliphatic heterocycles. The highest BCUT2D eigenvalue weighted by Gasteiger charge is 2.38. The van der Waals surface area contributed by atoms with E-state index in [0.29, 0.717) is 17.2 Å². The van der Waals surface area contributed by atoms with Gasteiger partial charge in [-0.25, -0.2) is 24.2 Å². The number of rotatable bonds is 5. The second-order valence-corrected chi connectivity index (χ2v) is 6.66. The third-order valence-corrected chi connectivity index (χ3v) is 4.41. The number of hydrogen-bond donors (Lipinski definition) is 3. The van der Waals surface area contributed by atoms with Crippen LogP contribution in [0.15, 0.2) is 47.0 Å². The van der Waals surface area contributed by atoms with Crippen molar-refractivity contribution >= 4 is 5.97 Å². The van der Waals surface area contributed by atoms with Crippen molar-refractivity contribution in [2.45, 2.75) is 12.6 Å². The number of nitrogens with one attached hydrogen (secondary N) is 1. The molecule has 0 radical (unpaired) electrons. The van der Waals surface area contributed by atoms with Crippen LogP contribution in [0.1, 0.15) is 5.82 Å². The highest BCUT2D eigenvalue weighted by Crippen LogP contribution is 2.35. The molecule has 1 aliphatic rings. The van der Waals surface area contributed by atoms with Crippen LogP contribution in [0.2, 0.25) is 0 Å². The molecule has 0 bridgehead atoms. The molecule has 0 aliphatic carbocycles. The van der Waals surface area contributed by atoms with Crippen LogP contribution in [0.4, 0.5) is 22.0 Å². The Morgan fingerprint density at radius 2 is 1.86 bits per heavy atom. The number of fused-ring (bicyclic) bond motifs is 1. The van der Waals surface area contributed by atoms with Gasteiger partial charge in [0.2, 0.25) is 6.79 Å². The fourth-order valence-electron chi connectivity index (χ4n) is 2.73. The van der Waals surface area contributed by atoms with Crippen LogP contribution in [0.25, 0.3) is 17.1 Å². The molecule has 186 valence electrons. The Labute approximate surface area is 191 Å². The predicted octanol–water partition coefficient (Wildman–Crippen LogP) is 2.03. The van der Waals surface area contributed by atoms with Gasteiger partial charge in [-0.15, -0.1) is 0 Å². The van der Waals surface area contributed by atoms with Crippen LogP contribution in [0.5, 0.6) is 11.5 Å². The van der Waals surface area contributed by atoms with E-state index in [1.54, 1.807) is 18.2 Å². The first kappa shape index (κ1) is 25.3. The molecule has 35 heavy (non-hydrogen) atoms. The number of aliphatic carboxylic acids is 1. The van der Waals surface area contributed by atoms with Gasteiger partial charge in [0.05, 0.1) is 18.1 Å². The first-order valence-electron chi connectivity index (χ1n) is 9.43. The summed E-state index contributed by atoms with van der Waals surface area (Å²) in [6.07, 6.45) is -4.44. The van der Waals surface area contributed by atoms with E-state index in [2.05, 4.69) is 20.2 Å². The number of carbonyl (C=O) groups is 1. The number of halogens is 5. The van der Waals surface area contributed by atoms with Crippen LogP contribution in [-0.2, 0) is 11.2 Å². The number of aromatic amines is 1. The Balaban J connectivity index is 0.000000429. The van der Waals surface area contributed by atoms with Crippen molar-refractivity contribution in [2.24, 2.45) is 5.73 Å². The van der Waals surface area contributed by atoms with Crippen LogP contribution in [0, 0.1) is 0 Å². The number of alkyl halides is 3. The molecule has 4 N–H and O–H groups in total. The summed E-state index contributed by atoms with van der Waals surface area (Å²) in [5.74, 6) is -1.30. The second-order valence-electron chi connectivity index (χ2n) is 6.66. The number of carboxylic acid groups (broad SMARTS) is 1. The third-order valence-electron chi connectivity index (χ3n) is 4.41. The van der Waals surface area contributed by atoms with Gasteiger partial charge in [-0.2, -0.15) is 27.1 Å². The van der Waals surface area contributed by atoms with Crippen molar-refractivity contribution in [2.75, 3.05) is 13.3 Å². The number of nitrogens with zero attached hydrogens (tertiary/aromatic N) is 4. The number of hydrogen-bond acceptors (Lipinski definition) is 8. The Hall–Kier alpha value is -4.34. The summed E-state index contributed by atoms with van der Waals surface area (Å²) >= 11 is 0. The average Bonchev–Trinajstić information content (AvgIpc) is 3.42. The number of ether oxygens (including phenoxy) is 2. The van der Waals surface area contributed by atoms with E-state index in [-0.39, 0.29) is 37.0 Å². The molecular formula is C19H15F5N6O5. The zero-order valence-corrected chi connectivity index (χ0v) is 17.3. The minimum absolute atomic E-state index is 0.0587. The van der Waals surface area contributed by atoms with Crippen molar-refractivity contribution in [3.8, 4) is 28.6 Å². The minimum Gasteiger partial charge on any atom is -0.475 e. The van der Waals surface area contributed by atoms with Crippen molar-refractivity contribution in [3.63, 3.8) is 0 Å². The van der Waals surface area contributed by atoms with Crippen molar-refractivity contribution in [1.29, 1.82) is 0 Å². The van der Waals surface area contributed by atoms with E-state index in [4.69, 9.17) is 25.1 Å². The summed E-state index contributed by atoms with van der Waals surface area (Å²) in [5, 5.41) is 13.1. The molecule has 0 atom stereocenters. The molecule has 0 saturated carbocycles. The number of aromatic nitrogens is 5. The smallest absolute Gasteiger partial charge is 0.475 e. The van der Waals surface area contributed by atoms with Gasteiger partial charge in [0.1, 0.15) is 5.82 Å². The number of benzene rings is 1. The monoisotopic (exact) mass is 502 g/mol. The Bertz CT molecular complexity index is 1300. The summed E-state index contributed by atoms with van der Waals surface area (Å²) in [6, 6.07) is 5.33. The largest absolute Gasteiger partial charge is 0.490 e. The van der Waals surface area contributed by atoms with Gasteiger partial charge in [0.15, 0.2) is 17.3 Å². The fourth-order valence-corrected chi connectivity index (χ4v) is 2.73. The molecule has 3 heterocycles. The fraction of sp³-hybridized carbons (Fsp3) is 0.211. The molecule has 3 aromatic rings. The van der Waals surface area contributed by atoms with Crippen LogP contribution in [-0.4, -0.2) is 55.3 Å². The molecular weight excluding hydrogens is 487 g/mol. The van der Waals surface area contributed by atoms with E-state index in [0.717, 1.165) is 10.1 Å². The van der Waals surface area contributed by atoms with Gasteiger partial charge < -0.3 is 20.3 Å². The molecule has 0 spiro atoms. The molecule has 11 nitrogen and oxygen atoms in total. The normalized spacial score (nSPS) is 12.1. The van der Waals surface area contributed by atoms with Gasteiger partial charge in [-0.1, -0.05) is 0 Å². The zero-order chi connectivity index (χ0) is 25.8. The first-order valence-corrected chi connectivity index (χ1v) is 9.43. The van der Waals surface area contributed by atoms with Crippen molar-refractivity contribution < 1.29 is 41.3 Å². The zero-order valence-electron chi connectivity index (χ0n) is 17.3. The quantitative estimate of drug-likeness (QED) is 0.444. The molecule has 1 aromatic carbocycles. The van der Waals surface area contributed by atoms with Gasteiger partial charge in [-0.05, 0) is 18.2 Å². The van der Waals surface area contributed by atoms with Gasteiger partial charge in [0, 0.05) is 24.1 Å². The predicted molar refractivity (Wildman–Crippen MR) is 107 cm³/mol. The lowest BCUT2D eigenvalue weighted by molar-refractivity contribution is -0.192. The number of nitrogens with two attached hydrogens (primary N) is 1. The maximum absolute atomic E-state index is 12.9. The van der Waals surface area contributed by atoms with Crippen LogP contribution in [0.3, 0.4) is 0 Å². The SMILES string of the molecule is NCC(Cc1n[nH]c(=O)n1-c1cnc(-c2ccc3c(c2)OCO3)cn1)=C(F)F.O=C(O)C(F)(F)F. The summed E-state index contributed by atoms with van der Waals surface area (Å²) in [5.41, 5.74) is 5.69. The van der Waals surface area contributed by atoms with E-state index in [9.17, 15) is 26.7 Å². The Morgan fingerprint density at radius 3 is 2.43 bits per heavy atom. The van der Waals surface area contributed by atoms with E-state index < -0.39 is 23.9 Å². The minimum atomic E-state index is -5.08. The first-order chi connectivity index (χ1) is 16.5. The van der Waals surface area contributed by atoms with Crippen LogP contribution < -0.4 is 20.9 Å². The highest BCUT2D eigenvalue weighted by molar-refractivity contribution is 5.73. The van der Waals surface area contributed by atoms with Gasteiger partial charge in [-0.3, -0.25) is 4.98 Å². The molecule has 0 unspecified atom stereocenters. The van der Waals surface area contributed by atoms with Crippen molar-refractivity contribution in [1.82, 2.24) is 24.7 Å². The summed E-state index contributed by atoms with van der Waals surface area (Å²) in [7, 11) is 0. The van der Waals surface area contributed by atoms with Crippen LogP contribution >= 0.6 is 0 Å². The summed E-state index contributed by atoms with van der Waals surface area (Å²) < 4.78 is 69.2. The lowest BCUT2D eigenvalue weighted by Gasteiger charge is -2.07. The Kier molecular flexibility index (Phi) is 7.43. The third kappa shape index (κ3) is 5.97. The standard InChI is InChI=1S/C17H14F2N6O3.C2HF3O2/c18-16(19)10(5-20)4-14-23-24-17(26)25(14)15-7-21-11(6-22-15)9-1-2-12-13(3-9)28-8-27-12;3-2(4,5)1(6)7/h1-3,6-7H,4-5,8,20H2,(H,24,26);(H,6,7). The molecule has 0 amide bonds. The lowest BCUT2D eigenvalue weighted by atomic mass is 10.1. The maximum Gasteiger partial charge on any atom is 0.490 e. The van der Waals surface area contributed by atoms with Gasteiger partial charge in [0.25, 0.3) is 6.08 Å².